The summed E-state index contributed by atoms with van der Waals surface area (Å²) in [7, 11) is -4.83. The lowest BCUT2D eigenvalue weighted by molar-refractivity contribution is -0.138. The normalized spacial score (nSPS) is 24.9. The molecule has 0 saturated carbocycles. The van der Waals surface area contributed by atoms with E-state index in [1.807, 2.05) is 0 Å². The number of amides is 1. The number of aliphatic carboxylic acids is 1. The van der Waals surface area contributed by atoms with Crippen LogP contribution in [0.15, 0.2) is 17.1 Å². The summed E-state index contributed by atoms with van der Waals surface area (Å²) < 4.78 is 21.0. The molecule has 1 aliphatic heterocycles. The Morgan fingerprint density at radius 1 is 1.29 bits per heavy atom. The molecule has 1 saturated heterocycles. The van der Waals surface area contributed by atoms with Crippen LogP contribution in [0.4, 0.5) is 5.82 Å². The second-order valence-electron chi connectivity index (χ2n) is 5.78. The molecule has 2 rings (SSSR count). The predicted octanol–water partition coefficient (Wildman–Crippen LogP) is -2.22. The van der Waals surface area contributed by atoms with Gasteiger partial charge in [0.05, 0.1) is 13.0 Å². The first kappa shape index (κ1) is 22.1. The number of aliphatic hydroxyl groups excluding tert-OH is 2. The molecule has 0 aliphatic carbocycles. The van der Waals surface area contributed by atoms with Gasteiger partial charge in [-0.3, -0.25) is 18.7 Å². The second kappa shape index (κ2) is 8.87. The van der Waals surface area contributed by atoms with Crippen molar-refractivity contribution in [1.29, 1.82) is 0 Å². The molecule has 28 heavy (non-hydrogen) atoms. The molecule has 1 aliphatic rings. The summed E-state index contributed by atoms with van der Waals surface area (Å²) in [5.41, 5.74) is -0.969. The van der Waals surface area contributed by atoms with Gasteiger partial charge in [0.15, 0.2) is 6.23 Å². The summed E-state index contributed by atoms with van der Waals surface area (Å²) >= 11 is 0. The molecular formula is C13H18N3O11P. The Labute approximate surface area is 156 Å². The summed E-state index contributed by atoms with van der Waals surface area (Å²) in [6, 6.07) is 1.18. The van der Waals surface area contributed by atoms with Crippen molar-refractivity contribution in [3.8, 4) is 0 Å². The van der Waals surface area contributed by atoms with Crippen molar-refractivity contribution in [3.05, 3.63) is 22.7 Å². The average Bonchev–Trinajstić information content (AvgIpc) is 2.86. The van der Waals surface area contributed by atoms with Gasteiger partial charge in [0.25, 0.3) is 0 Å². The summed E-state index contributed by atoms with van der Waals surface area (Å²) in [5.74, 6) is -2.00. The summed E-state index contributed by atoms with van der Waals surface area (Å²) in [5, 5.41) is 30.7. The fourth-order valence-corrected chi connectivity index (χ4v) is 2.71. The van der Waals surface area contributed by atoms with Crippen molar-refractivity contribution < 1.29 is 48.5 Å². The molecule has 15 heteroatoms. The average molecular weight is 423 g/mol. The highest BCUT2D eigenvalue weighted by Crippen LogP contribution is 2.38. The Morgan fingerprint density at radius 3 is 2.54 bits per heavy atom. The van der Waals surface area contributed by atoms with E-state index in [0.29, 0.717) is 0 Å². The van der Waals surface area contributed by atoms with Crippen LogP contribution in [0.3, 0.4) is 0 Å². The van der Waals surface area contributed by atoms with Gasteiger partial charge in [0, 0.05) is 12.6 Å². The fourth-order valence-electron chi connectivity index (χ4n) is 2.37. The van der Waals surface area contributed by atoms with Crippen LogP contribution in [0.2, 0.25) is 0 Å². The van der Waals surface area contributed by atoms with Gasteiger partial charge in [-0.25, -0.2) is 9.36 Å². The minimum absolute atomic E-state index is 0.161. The van der Waals surface area contributed by atoms with Gasteiger partial charge < -0.3 is 35.2 Å². The van der Waals surface area contributed by atoms with E-state index in [9.17, 15) is 29.2 Å². The minimum atomic E-state index is -4.83. The van der Waals surface area contributed by atoms with Gasteiger partial charge in [-0.2, -0.15) is 4.98 Å². The molecule has 6 N–H and O–H groups in total. The molecule has 1 fully saturated rings. The van der Waals surface area contributed by atoms with Crippen LogP contribution in [0.25, 0.3) is 0 Å². The van der Waals surface area contributed by atoms with E-state index in [4.69, 9.17) is 19.6 Å². The lowest BCUT2D eigenvalue weighted by Gasteiger charge is -2.17. The highest BCUT2D eigenvalue weighted by atomic mass is 31.2. The van der Waals surface area contributed by atoms with Crippen molar-refractivity contribution in [2.24, 2.45) is 0 Å². The molecule has 0 aromatic carbocycles. The molecule has 0 unspecified atom stereocenters. The van der Waals surface area contributed by atoms with E-state index >= 15 is 0 Å². The molecule has 1 aromatic heterocycles. The third-order valence-corrected chi connectivity index (χ3v) is 4.17. The van der Waals surface area contributed by atoms with Gasteiger partial charge in [-0.1, -0.05) is 0 Å². The van der Waals surface area contributed by atoms with E-state index < -0.39 is 63.0 Å². The number of ether oxygens (including phenoxy) is 1. The molecular weight excluding hydrogens is 405 g/mol. The number of carboxylic acid groups (broad SMARTS) is 1. The molecule has 1 aromatic rings. The molecule has 0 radical (unpaired) electrons. The lowest BCUT2D eigenvalue weighted by atomic mass is 10.1. The summed E-state index contributed by atoms with van der Waals surface area (Å²) in [4.78, 5) is 55.0. The quantitative estimate of drug-likeness (QED) is 0.245. The van der Waals surface area contributed by atoms with E-state index in [0.717, 1.165) is 10.8 Å². The summed E-state index contributed by atoms with van der Waals surface area (Å²) in [6.07, 6.45) is -5.58. The number of aliphatic hydroxyl groups is 2. The first-order valence-corrected chi connectivity index (χ1v) is 9.33. The van der Waals surface area contributed by atoms with Gasteiger partial charge in [-0.05, 0) is 6.07 Å². The van der Waals surface area contributed by atoms with Crippen LogP contribution < -0.4 is 11.0 Å². The monoisotopic (exact) mass is 423 g/mol. The van der Waals surface area contributed by atoms with Crippen LogP contribution in [0, 0.1) is 0 Å². The molecule has 1 amide bonds. The zero-order valence-corrected chi connectivity index (χ0v) is 15.0. The smallest absolute Gasteiger partial charge is 0.469 e. The topological polar surface area (TPSA) is 218 Å². The number of nitrogens with one attached hydrogen (secondary N) is 1. The van der Waals surface area contributed by atoms with Gasteiger partial charge in [0.1, 0.15) is 24.1 Å². The minimum Gasteiger partial charge on any atom is -0.481 e. The maximum atomic E-state index is 12.1. The zero-order chi connectivity index (χ0) is 21.1. The number of phosphoric acid groups is 1. The fraction of sp³-hybridized carbons (Fsp3) is 0.538. The number of hydrogen-bond donors (Lipinski definition) is 6. The van der Waals surface area contributed by atoms with Gasteiger partial charge in [-0.15, -0.1) is 0 Å². The van der Waals surface area contributed by atoms with Crippen LogP contribution in [-0.4, -0.2) is 71.5 Å². The number of nitrogens with zero attached hydrogens (tertiary/aromatic N) is 2. The zero-order valence-electron chi connectivity index (χ0n) is 14.1. The number of carbonyl (C=O) groups excluding carboxylic acids is 1. The second-order valence-corrected chi connectivity index (χ2v) is 7.02. The Kier molecular flexibility index (Phi) is 7.01. The Balaban J connectivity index is 2.07. The standard InChI is InChI=1S/C13H18N3O11P/c17-8(1-2-9(18)19)14-7-3-4-16(13(22)15-7)12-11(21)10(20)6(27-12)5-26-28(23,24)25/h3-4,6,10-12,20-21H,1-2,5H2,(H,18,19)(H2,23,24,25)(H,14,15,17,22)/t6-,10-,11-,12-/m1/s1. The highest BCUT2D eigenvalue weighted by molar-refractivity contribution is 7.46. The van der Waals surface area contributed by atoms with E-state index in [1.165, 1.54) is 6.07 Å². The maximum absolute atomic E-state index is 12.1. The van der Waals surface area contributed by atoms with Crippen molar-refractivity contribution in [2.75, 3.05) is 11.9 Å². The number of rotatable bonds is 8. The molecule has 0 spiro atoms. The summed E-state index contributed by atoms with van der Waals surface area (Å²) in [6.45, 7) is -0.737. The van der Waals surface area contributed by atoms with Crippen molar-refractivity contribution >= 4 is 25.5 Å². The molecule has 14 nitrogen and oxygen atoms in total. The van der Waals surface area contributed by atoms with Gasteiger partial charge >= 0.3 is 19.5 Å². The number of carbonyl (C=O) groups is 2. The Bertz CT molecular complexity index is 837. The van der Waals surface area contributed by atoms with Crippen LogP contribution >= 0.6 is 7.82 Å². The van der Waals surface area contributed by atoms with E-state index in [-0.39, 0.29) is 12.2 Å². The van der Waals surface area contributed by atoms with Gasteiger partial charge in [0.2, 0.25) is 5.91 Å². The van der Waals surface area contributed by atoms with Crippen molar-refractivity contribution in [3.63, 3.8) is 0 Å². The Morgan fingerprint density at radius 2 is 1.96 bits per heavy atom. The van der Waals surface area contributed by atoms with Crippen LogP contribution in [0.1, 0.15) is 19.1 Å². The number of phosphoric ester groups is 1. The third-order valence-electron chi connectivity index (χ3n) is 3.68. The van der Waals surface area contributed by atoms with Crippen molar-refractivity contribution in [1.82, 2.24) is 9.55 Å². The van der Waals surface area contributed by atoms with Crippen LogP contribution in [0.5, 0.6) is 0 Å². The number of aromatic nitrogens is 2. The Hall–Kier alpha value is -2.19. The first-order valence-electron chi connectivity index (χ1n) is 7.80. The van der Waals surface area contributed by atoms with Crippen LogP contribution in [-0.2, 0) is 23.4 Å². The van der Waals surface area contributed by atoms with E-state index in [1.54, 1.807) is 0 Å². The van der Waals surface area contributed by atoms with Crippen molar-refractivity contribution in [2.45, 2.75) is 37.4 Å². The number of hydrogen-bond acceptors (Lipinski definition) is 9. The molecule has 0 bridgehead atoms. The number of carboxylic acids is 1. The maximum Gasteiger partial charge on any atom is 0.469 e. The number of anilines is 1. The van der Waals surface area contributed by atoms with E-state index in [2.05, 4.69) is 14.8 Å². The SMILES string of the molecule is O=C(O)CCC(=O)Nc1ccn([C@@H]2O[C@H](COP(=O)(O)O)[C@@H](O)[C@H]2O)c(=O)n1. The third kappa shape index (κ3) is 5.90. The molecule has 2 heterocycles. The lowest BCUT2D eigenvalue weighted by Crippen LogP contribution is -2.36. The molecule has 156 valence electrons. The first-order chi connectivity index (χ1) is 13.0. The molecule has 4 atom stereocenters. The highest BCUT2D eigenvalue weighted by Gasteiger charge is 2.45. The largest absolute Gasteiger partial charge is 0.481 e. The predicted molar refractivity (Wildman–Crippen MR) is 87.9 cm³/mol.